The van der Waals surface area contributed by atoms with Crippen LogP contribution >= 0.6 is 11.8 Å². The van der Waals surface area contributed by atoms with Crippen LogP contribution in [0.5, 0.6) is 0 Å². The molecule has 1 aromatic rings. The molecular weight excluding hydrogens is 311 g/mol. The number of para-hydroxylation sites is 1. The molecule has 0 aromatic heterocycles. The van der Waals surface area contributed by atoms with Gasteiger partial charge in [0.15, 0.2) is 0 Å². The molecule has 1 fully saturated rings. The molecule has 0 spiro atoms. The van der Waals surface area contributed by atoms with Crippen LogP contribution in [-0.4, -0.2) is 31.5 Å². The molecule has 1 saturated heterocycles. The number of sulfone groups is 1. The summed E-state index contributed by atoms with van der Waals surface area (Å²) in [5.74, 6) is 0.165. The summed E-state index contributed by atoms with van der Waals surface area (Å²) in [6.07, 6.45) is 0.848. The van der Waals surface area contributed by atoms with Gasteiger partial charge in [0, 0.05) is 16.6 Å². The zero-order chi connectivity index (χ0) is 14.8. The molecule has 1 aliphatic heterocycles. The molecule has 8 heteroatoms. The molecule has 1 aliphatic rings. The fraction of sp³-hybridized carbons (Fsp3) is 0.500. The number of halogens is 3. The Bertz CT molecular complexity index is 558. The fourth-order valence-electron chi connectivity index (χ4n) is 2.05. The number of benzene rings is 1. The van der Waals surface area contributed by atoms with E-state index < -0.39 is 15.3 Å². The first-order valence-electron chi connectivity index (χ1n) is 6.07. The van der Waals surface area contributed by atoms with Crippen LogP contribution in [0.2, 0.25) is 0 Å². The summed E-state index contributed by atoms with van der Waals surface area (Å²) in [7, 11) is -2.97. The number of nitrogens with one attached hydrogen (secondary N) is 1. The highest BCUT2D eigenvalue weighted by Crippen LogP contribution is 2.40. The second-order valence-corrected chi connectivity index (χ2v) is 8.02. The van der Waals surface area contributed by atoms with Crippen LogP contribution in [0.4, 0.5) is 18.9 Å². The Hall–Kier alpha value is -0.890. The summed E-state index contributed by atoms with van der Waals surface area (Å²) >= 11 is -0.165. The second-order valence-electron chi connectivity index (χ2n) is 4.61. The van der Waals surface area contributed by atoms with Gasteiger partial charge in [-0.15, -0.1) is 0 Å². The number of thioether (sulfide) groups is 1. The van der Waals surface area contributed by atoms with E-state index in [0.717, 1.165) is 0 Å². The summed E-state index contributed by atoms with van der Waals surface area (Å²) < 4.78 is 60.0. The van der Waals surface area contributed by atoms with E-state index in [0.29, 0.717) is 18.5 Å². The van der Waals surface area contributed by atoms with E-state index in [9.17, 15) is 21.6 Å². The van der Waals surface area contributed by atoms with Gasteiger partial charge in [0.05, 0.1) is 11.5 Å². The molecule has 1 aromatic carbocycles. The molecule has 0 unspecified atom stereocenters. The summed E-state index contributed by atoms with van der Waals surface area (Å²) in [5.41, 5.74) is -3.94. The number of alkyl halides is 3. The smallest absolute Gasteiger partial charge is 0.381 e. The third-order valence-corrected chi connectivity index (χ3v) is 5.55. The minimum absolute atomic E-state index is 0.0826. The molecule has 0 aliphatic carbocycles. The third-order valence-electron chi connectivity index (χ3n) is 3.03. The largest absolute Gasteiger partial charge is 0.446 e. The topological polar surface area (TPSA) is 46.2 Å². The minimum Gasteiger partial charge on any atom is -0.381 e. The van der Waals surface area contributed by atoms with Crippen molar-refractivity contribution in [3.8, 4) is 0 Å². The molecule has 0 atom stereocenters. The lowest BCUT2D eigenvalue weighted by molar-refractivity contribution is -0.0327. The highest BCUT2D eigenvalue weighted by Gasteiger charge is 2.31. The molecule has 1 heterocycles. The van der Waals surface area contributed by atoms with E-state index >= 15 is 0 Å². The Balaban J connectivity index is 2.06. The van der Waals surface area contributed by atoms with Crippen molar-refractivity contribution >= 4 is 27.3 Å². The van der Waals surface area contributed by atoms with E-state index in [4.69, 9.17) is 0 Å². The van der Waals surface area contributed by atoms with Crippen LogP contribution in [0, 0.1) is 0 Å². The minimum atomic E-state index is -4.34. The van der Waals surface area contributed by atoms with Crippen LogP contribution in [0.1, 0.15) is 12.8 Å². The lowest BCUT2D eigenvalue weighted by atomic mass is 10.1. The van der Waals surface area contributed by atoms with E-state index in [1.165, 1.54) is 6.07 Å². The third kappa shape index (κ3) is 4.59. The first-order valence-corrected chi connectivity index (χ1v) is 8.71. The maximum absolute atomic E-state index is 12.5. The van der Waals surface area contributed by atoms with Crippen molar-refractivity contribution in [2.45, 2.75) is 29.3 Å². The monoisotopic (exact) mass is 325 g/mol. The fourth-order valence-corrected chi connectivity index (χ4v) is 4.18. The van der Waals surface area contributed by atoms with E-state index in [2.05, 4.69) is 5.32 Å². The second kappa shape index (κ2) is 5.85. The van der Waals surface area contributed by atoms with Crippen molar-refractivity contribution in [1.29, 1.82) is 0 Å². The first kappa shape index (κ1) is 15.5. The van der Waals surface area contributed by atoms with Gasteiger partial charge >= 0.3 is 5.51 Å². The lowest BCUT2D eigenvalue weighted by Gasteiger charge is -2.25. The van der Waals surface area contributed by atoms with Crippen molar-refractivity contribution in [2.75, 3.05) is 16.8 Å². The zero-order valence-electron chi connectivity index (χ0n) is 10.5. The average molecular weight is 325 g/mol. The van der Waals surface area contributed by atoms with Gasteiger partial charge in [0.1, 0.15) is 9.84 Å². The highest BCUT2D eigenvalue weighted by molar-refractivity contribution is 8.00. The normalized spacial score (nSPS) is 19.8. The first-order chi connectivity index (χ1) is 9.25. The van der Waals surface area contributed by atoms with Crippen LogP contribution < -0.4 is 5.32 Å². The predicted octanol–water partition coefficient (Wildman–Crippen LogP) is 3.29. The number of hydrogen-bond donors (Lipinski definition) is 1. The molecule has 3 nitrogen and oxygen atoms in total. The van der Waals surface area contributed by atoms with E-state index in [1.807, 2.05) is 0 Å². The Morgan fingerprint density at radius 3 is 2.35 bits per heavy atom. The number of hydrogen-bond acceptors (Lipinski definition) is 4. The van der Waals surface area contributed by atoms with Gasteiger partial charge in [-0.2, -0.15) is 13.2 Å². The summed E-state index contributed by atoms with van der Waals surface area (Å²) in [4.78, 5) is 0.105. The summed E-state index contributed by atoms with van der Waals surface area (Å²) in [6, 6.07) is 6.08. The van der Waals surface area contributed by atoms with Gasteiger partial charge in [0.25, 0.3) is 0 Å². The molecule has 0 saturated carbocycles. The van der Waals surface area contributed by atoms with Gasteiger partial charge in [-0.25, -0.2) is 8.42 Å². The van der Waals surface area contributed by atoms with Crippen LogP contribution in [-0.2, 0) is 9.84 Å². The molecular formula is C12H14F3NO2S2. The van der Waals surface area contributed by atoms with Crippen molar-refractivity contribution in [1.82, 2.24) is 0 Å². The zero-order valence-corrected chi connectivity index (χ0v) is 12.1. The van der Waals surface area contributed by atoms with E-state index in [1.54, 1.807) is 18.2 Å². The van der Waals surface area contributed by atoms with Crippen molar-refractivity contribution < 1.29 is 21.6 Å². The Labute approximate surface area is 119 Å². The molecule has 0 amide bonds. The summed E-state index contributed by atoms with van der Waals surface area (Å²) in [5, 5.41) is 3.02. The van der Waals surface area contributed by atoms with Gasteiger partial charge in [0.2, 0.25) is 0 Å². The van der Waals surface area contributed by atoms with Gasteiger partial charge < -0.3 is 5.32 Å². The Morgan fingerprint density at radius 1 is 1.15 bits per heavy atom. The van der Waals surface area contributed by atoms with Crippen LogP contribution in [0.25, 0.3) is 0 Å². The van der Waals surface area contributed by atoms with Gasteiger partial charge in [-0.05, 0) is 36.7 Å². The maximum Gasteiger partial charge on any atom is 0.446 e. The van der Waals surface area contributed by atoms with Crippen LogP contribution in [0.3, 0.4) is 0 Å². The number of rotatable bonds is 3. The Kier molecular flexibility index (Phi) is 4.53. The molecule has 1 N–H and O–H groups in total. The molecule has 112 valence electrons. The van der Waals surface area contributed by atoms with Crippen molar-refractivity contribution in [2.24, 2.45) is 0 Å². The molecule has 0 radical (unpaired) electrons. The Morgan fingerprint density at radius 2 is 1.75 bits per heavy atom. The van der Waals surface area contributed by atoms with Gasteiger partial charge in [-0.1, -0.05) is 12.1 Å². The molecule has 2 rings (SSSR count). The van der Waals surface area contributed by atoms with Crippen molar-refractivity contribution in [3.63, 3.8) is 0 Å². The SMILES string of the molecule is O=S1(=O)CCC(Nc2ccccc2SC(F)(F)F)CC1. The highest BCUT2D eigenvalue weighted by atomic mass is 32.2. The van der Waals surface area contributed by atoms with Crippen LogP contribution in [0.15, 0.2) is 29.2 Å². The number of anilines is 1. The predicted molar refractivity (Wildman–Crippen MR) is 73.7 cm³/mol. The standard InChI is InChI=1S/C12H14F3NO2S2/c13-12(14,15)19-11-4-2-1-3-10(11)16-9-5-7-20(17,18)8-6-9/h1-4,9,16H,5-8H2. The quantitative estimate of drug-likeness (QED) is 0.866. The molecule has 0 bridgehead atoms. The lowest BCUT2D eigenvalue weighted by Crippen LogP contribution is -2.32. The van der Waals surface area contributed by atoms with Gasteiger partial charge in [-0.3, -0.25) is 0 Å². The maximum atomic E-state index is 12.5. The summed E-state index contributed by atoms with van der Waals surface area (Å²) in [6.45, 7) is 0. The van der Waals surface area contributed by atoms with E-state index in [-0.39, 0.29) is 34.2 Å². The van der Waals surface area contributed by atoms with Crippen molar-refractivity contribution in [3.05, 3.63) is 24.3 Å². The average Bonchev–Trinajstić information content (AvgIpc) is 2.32. The molecule has 20 heavy (non-hydrogen) atoms.